The molecule has 2 heterocycles. The lowest BCUT2D eigenvalue weighted by molar-refractivity contribution is -0.115. The molecular formula is C18H18N4O2S3. The summed E-state index contributed by atoms with van der Waals surface area (Å²) in [4.78, 5) is 26.3. The van der Waals surface area contributed by atoms with Gasteiger partial charge in [0.05, 0.1) is 10.1 Å². The Labute approximate surface area is 169 Å². The standard InChI is InChI=1S/C18H18N4O2S3/c1-3-14(16(23)20-18-22-21-11(2)26-18)27-13-7-4-6-12(10-13)19-17(24)15-8-5-9-25-15/h4-10,14H,3H2,1-2H3,(H,19,24)(H,20,22,23). The van der Waals surface area contributed by atoms with E-state index in [0.29, 0.717) is 22.1 Å². The van der Waals surface area contributed by atoms with Crippen LogP contribution in [0.4, 0.5) is 10.8 Å². The highest BCUT2D eigenvalue weighted by Crippen LogP contribution is 2.29. The van der Waals surface area contributed by atoms with E-state index in [0.717, 1.165) is 9.90 Å². The molecule has 0 radical (unpaired) electrons. The maximum atomic E-state index is 12.5. The van der Waals surface area contributed by atoms with E-state index in [2.05, 4.69) is 20.8 Å². The van der Waals surface area contributed by atoms with Crippen LogP contribution in [0.2, 0.25) is 0 Å². The van der Waals surface area contributed by atoms with Crippen LogP contribution in [0.5, 0.6) is 0 Å². The molecule has 140 valence electrons. The first-order chi connectivity index (χ1) is 13.0. The minimum absolute atomic E-state index is 0.105. The largest absolute Gasteiger partial charge is 0.321 e. The molecule has 1 unspecified atom stereocenters. The molecule has 0 spiro atoms. The molecule has 27 heavy (non-hydrogen) atoms. The van der Waals surface area contributed by atoms with Gasteiger partial charge in [-0.2, -0.15) is 0 Å². The van der Waals surface area contributed by atoms with E-state index >= 15 is 0 Å². The monoisotopic (exact) mass is 418 g/mol. The summed E-state index contributed by atoms with van der Waals surface area (Å²) < 4.78 is 0. The zero-order valence-corrected chi connectivity index (χ0v) is 17.2. The Morgan fingerprint density at radius 2 is 2.04 bits per heavy atom. The summed E-state index contributed by atoms with van der Waals surface area (Å²) in [6, 6.07) is 11.1. The number of anilines is 2. The molecule has 2 N–H and O–H groups in total. The van der Waals surface area contributed by atoms with Gasteiger partial charge in [-0.15, -0.1) is 33.3 Å². The fraction of sp³-hybridized carbons (Fsp3) is 0.222. The lowest BCUT2D eigenvalue weighted by Gasteiger charge is -2.14. The van der Waals surface area contributed by atoms with E-state index in [4.69, 9.17) is 0 Å². The Hall–Kier alpha value is -2.23. The van der Waals surface area contributed by atoms with Gasteiger partial charge >= 0.3 is 0 Å². The van der Waals surface area contributed by atoms with Crippen molar-refractivity contribution in [1.29, 1.82) is 0 Å². The van der Waals surface area contributed by atoms with E-state index in [-0.39, 0.29) is 17.1 Å². The van der Waals surface area contributed by atoms with Crippen molar-refractivity contribution >= 4 is 57.1 Å². The number of thioether (sulfide) groups is 1. The van der Waals surface area contributed by atoms with E-state index in [9.17, 15) is 9.59 Å². The molecule has 0 aliphatic heterocycles. The van der Waals surface area contributed by atoms with Gasteiger partial charge in [0, 0.05) is 10.6 Å². The third-order valence-corrected chi connectivity index (χ3v) is 6.52. The molecule has 0 saturated carbocycles. The number of nitrogens with one attached hydrogen (secondary N) is 2. The van der Waals surface area contributed by atoms with Gasteiger partial charge in [0.2, 0.25) is 11.0 Å². The van der Waals surface area contributed by atoms with Crippen molar-refractivity contribution in [2.75, 3.05) is 10.6 Å². The van der Waals surface area contributed by atoms with Crippen LogP contribution >= 0.6 is 34.4 Å². The van der Waals surface area contributed by atoms with Crippen LogP contribution in [-0.2, 0) is 4.79 Å². The molecular weight excluding hydrogens is 400 g/mol. The first kappa shape index (κ1) is 19.5. The highest BCUT2D eigenvalue weighted by molar-refractivity contribution is 8.00. The Morgan fingerprint density at radius 3 is 2.70 bits per heavy atom. The van der Waals surface area contributed by atoms with Crippen molar-refractivity contribution in [2.24, 2.45) is 0 Å². The molecule has 0 saturated heterocycles. The van der Waals surface area contributed by atoms with Crippen molar-refractivity contribution < 1.29 is 9.59 Å². The zero-order valence-electron chi connectivity index (χ0n) is 14.8. The number of aryl methyl sites for hydroxylation is 1. The van der Waals surface area contributed by atoms with Crippen LogP contribution in [0.25, 0.3) is 0 Å². The normalized spacial score (nSPS) is 11.8. The molecule has 0 fully saturated rings. The number of hydrogen-bond donors (Lipinski definition) is 2. The molecule has 6 nitrogen and oxygen atoms in total. The van der Waals surface area contributed by atoms with E-state index in [1.54, 1.807) is 6.07 Å². The number of carbonyl (C=O) groups excluding carboxylic acids is 2. The molecule has 2 amide bonds. The second kappa shape index (κ2) is 9.12. The Kier molecular flexibility index (Phi) is 6.59. The van der Waals surface area contributed by atoms with Crippen LogP contribution in [0.15, 0.2) is 46.7 Å². The van der Waals surface area contributed by atoms with Gasteiger partial charge in [0.25, 0.3) is 5.91 Å². The predicted molar refractivity (Wildman–Crippen MR) is 112 cm³/mol. The van der Waals surface area contributed by atoms with Crippen LogP contribution in [0.1, 0.15) is 28.0 Å². The van der Waals surface area contributed by atoms with Gasteiger partial charge in [-0.1, -0.05) is 30.4 Å². The minimum Gasteiger partial charge on any atom is -0.321 e. The Balaban J connectivity index is 1.64. The number of amides is 2. The quantitative estimate of drug-likeness (QED) is 0.545. The van der Waals surface area contributed by atoms with Crippen molar-refractivity contribution in [1.82, 2.24) is 10.2 Å². The first-order valence-electron chi connectivity index (χ1n) is 8.27. The average Bonchev–Trinajstić information content (AvgIpc) is 3.32. The lowest BCUT2D eigenvalue weighted by Crippen LogP contribution is -2.24. The maximum Gasteiger partial charge on any atom is 0.265 e. The summed E-state index contributed by atoms with van der Waals surface area (Å²) in [5.74, 6) is -0.241. The molecule has 3 aromatic rings. The molecule has 3 rings (SSSR count). The Bertz CT molecular complexity index is 924. The SMILES string of the molecule is CCC(Sc1cccc(NC(=O)c2cccs2)c1)C(=O)Nc1nnc(C)s1. The summed E-state index contributed by atoms with van der Waals surface area (Å²) in [5, 5.41) is 16.5. The molecule has 9 heteroatoms. The summed E-state index contributed by atoms with van der Waals surface area (Å²) in [7, 11) is 0. The number of hydrogen-bond acceptors (Lipinski definition) is 7. The number of aromatic nitrogens is 2. The van der Waals surface area contributed by atoms with E-state index in [1.807, 2.05) is 49.6 Å². The van der Waals surface area contributed by atoms with Crippen molar-refractivity contribution in [2.45, 2.75) is 30.4 Å². The first-order valence-corrected chi connectivity index (χ1v) is 10.8. The molecule has 0 aliphatic rings. The Morgan fingerprint density at radius 1 is 1.19 bits per heavy atom. The van der Waals surface area contributed by atoms with Crippen LogP contribution in [-0.4, -0.2) is 27.3 Å². The fourth-order valence-electron chi connectivity index (χ4n) is 2.27. The van der Waals surface area contributed by atoms with Gasteiger partial charge in [-0.25, -0.2) is 0 Å². The van der Waals surface area contributed by atoms with Crippen molar-refractivity contribution in [3.63, 3.8) is 0 Å². The average molecular weight is 419 g/mol. The number of thiophene rings is 1. The second-order valence-electron chi connectivity index (χ2n) is 5.59. The predicted octanol–water partition coefficient (Wildman–Crippen LogP) is 4.67. The van der Waals surface area contributed by atoms with Crippen LogP contribution in [0, 0.1) is 6.92 Å². The highest BCUT2D eigenvalue weighted by atomic mass is 32.2. The smallest absolute Gasteiger partial charge is 0.265 e. The molecule has 1 atom stereocenters. The van der Waals surface area contributed by atoms with Crippen molar-refractivity contribution in [3.05, 3.63) is 51.7 Å². The number of rotatable bonds is 7. The third kappa shape index (κ3) is 5.38. The summed E-state index contributed by atoms with van der Waals surface area (Å²) >= 11 is 4.20. The van der Waals surface area contributed by atoms with Crippen LogP contribution < -0.4 is 10.6 Å². The maximum absolute atomic E-state index is 12.5. The lowest BCUT2D eigenvalue weighted by atomic mass is 10.3. The number of benzene rings is 1. The topological polar surface area (TPSA) is 84.0 Å². The fourth-order valence-corrected chi connectivity index (χ4v) is 4.49. The number of carbonyl (C=O) groups is 2. The molecule has 0 bridgehead atoms. The summed E-state index contributed by atoms with van der Waals surface area (Å²) in [5.41, 5.74) is 0.702. The van der Waals surface area contributed by atoms with Gasteiger partial charge in [0.15, 0.2) is 0 Å². The second-order valence-corrected chi connectivity index (χ2v) is 8.99. The van der Waals surface area contributed by atoms with E-state index < -0.39 is 0 Å². The van der Waals surface area contributed by atoms with Gasteiger partial charge < -0.3 is 5.32 Å². The molecule has 0 aliphatic carbocycles. The van der Waals surface area contributed by atoms with Crippen molar-refractivity contribution in [3.8, 4) is 0 Å². The van der Waals surface area contributed by atoms with Crippen LogP contribution in [0.3, 0.4) is 0 Å². The number of nitrogens with zero attached hydrogens (tertiary/aromatic N) is 2. The summed E-state index contributed by atoms with van der Waals surface area (Å²) in [6.07, 6.45) is 0.667. The highest BCUT2D eigenvalue weighted by Gasteiger charge is 2.19. The van der Waals surface area contributed by atoms with Gasteiger partial charge in [-0.3, -0.25) is 14.9 Å². The molecule has 2 aromatic heterocycles. The summed E-state index contributed by atoms with van der Waals surface area (Å²) in [6.45, 7) is 3.81. The van der Waals surface area contributed by atoms with E-state index in [1.165, 1.54) is 34.4 Å². The third-order valence-electron chi connectivity index (χ3n) is 3.53. The van der Waals surface area contributed by atoms with Gasteiger partial charge in [-0.05, 0) is 43.0 Å². The zero-order chi connectivity index (χ0) is 19.2. The minimum atomic E-state index is -0.266. The molecule has 1 aromatic carbocycles. The van der Waals surface area contributed by atoms with Gasteiger partial charge in [0.1, 0.15) is 5.01 Å².